The summed E-state index contributed by atoms with van der Waals surface area (Å²) in [5.41, 5.74) is 0.847. The smallest absolute Gasteiger partial charge is 0.390 e. The summed E-state index contributed by atoms with van der Waals surface area (Å²) >= 11 is 0. The van der Waals surface area contributed by atoms with Gasteiger partial charge in [-0.15, -0.1) is 0 Å². The van der Waals surface area contributed by atoms with E-state index in [1.807, 2.05) is 0 Å². The number of nitrogens with one attached hydrogen (secondary N) is 1. The quantitative estimate of drug-likeness (QED) is 0.0935. The Morgan fingerprint density at radius 3 is 2.54 bits per heavy atom. The SMILES string of the molecule is CC(Nc1ncnc2c1ncn2[C@H]1C[C@@H](O)[C@@H](COP(=O)(O)OP(=O)(O)OP(=O)(O)O)O1)c1ccccc1[N+](=O)[O-]. The molecular weight excluding hydrogens is 617 g/mol. The highest BCUT2D eigenvalue weighted by Crippen LogP contribution is 2.66. The number of ether oxygens (including phenoxy) is 1. The van der Waals surface area contributed by atoms with Crippen molar-refractivity contribution in [2.24, 2.45) is 0 Å². The number of phosphoric ester groups is 1. The maximum atomic E-state index is 12.0. The molecule has 0 spiro atoms. The van der Waals surface area contributed by atoms with Crippen LogP contribution in [0.4, 0.5) is 11.5 Å². The summed E-state index contributed by atoms with van der Waals surface area (Å²) in [5, 5.41) is 24.9. The number of hydrogen-bond donors (Lipinski definition) is 6. The zero-order chi connectivity index (χ0) is 30.2. The Kier molecular flexibility index (Phi) is 9.06. The van der Waals surface area contributed by atoms with E-state index >= 15 is 0 Å². The van der Waals surface area contributed by atoms with Crippen LogP contribution in [-0.4, -0.2) is 67.9 Å². The fourth-order valence-electron chi connectivity index (χ4n) is 3.98. The molecule has 23 heteroatoms. The number of hydrogen-bond acceptors (Lipinski definition) is 14. The number of imidazole rings is 1. The minimum Gasteiger partial charge on any atom is -0.390 e. The van der Waals surface area contributed by atoms with Gasteiger partial charge in [0.25, 0.3) is 5.69 Å². The summed E-state index contributed by atoms with van der Waals surface area (Å²) in [4.78, 5) is 59.6. The molecule has 1 aliphatic heterocycles. The Morgan fingerprint density at radius 1 is 1.15 bits per heavy atom. The van der Waals surface area contributed by atoms with Gasteiger partial charge in [0.2, 0.25) is 0 Å². The highest BCUT2D eigenvalue weighted by molar-refractivity contribution is 7.66. The molecule has 6 atom stereocenters. The van der Waals surface area contributed by atoms with E-state index in [1.54, 1.807) is 25.1 Å². The zero-order valence-corrected chi connectivity index (χ0v) is 23.4. The fraction of sp³-hybridized carbons (Fsp3) is 0.389. The van der Waals surface area contributed by atoms with Crippen molar-refractivity contribution in [2.75, 3.05) is 11.9 Å². The summed E-state index contributed by atoms with van der Waals surface area (Å²) in [6.07, 6.45) is -0.979. The fourth-order valence-corrected chi connectivity index (χ4v) is 7.01. The molecule has 3 heterocycles. The van der Waals surface area contributed by atoms with Gasteiger partial charge in [0, 0.05) is 12.5 Å². The summed E-state index contributed by atoms with van der Waals surface area (Å²) in [7, 11) is -16.7. The van der Waals surface area contributed by atoms with Crippen molar-refractivity contribution in [1.82, 2.24) is 19.5 Å². The summed E-state index contributed by atoms with van der Waals surface area (Å²) < 4.78 is 53.2. The lowest BCUT2D eigenvalue weighted by molar-refractivity contribution is -0.385. The van der Waals surface area contributed by atoms with Gasteiger partial charge in [0.05, 0.1) is 35.6 Å². The third kappa shape index (κ3) is 7.78. The van der Waals surface area contributed by atoms with E-state index < -0.39 is 59.5 Å². The molecule has 1 saturated heterocycles. The van der Waals surface area contributed by atoms with E-state index in [4.69, 9.17) is 14.5 Å². The van der Waals surface area contributed by atoms with Crippen molar-refractivity contribution < 1.29 is 61.2 Å². The van der Waals surface area contributed by atoms with Crippen LogP contribution < -0.4 is 5.32 Å². The molecule has 6 N–H and O–H groups in total. The molecule has 41 heavy (non-hydrogen) atoms. The van der Waals surface area contributed by atoms with Crippen LogP contribution >= 0.6 is 23.5 Å². The first-order chi connectivity index (χ1) is 19.1. The van der Waals surface area contributed by atoms with Crippen LogP contribution in [0.5, 0.6) is 0 Å². The molecule has 0 amide bonds. The van der Waals surface area contributed by atoms with Crippen LogP contribution in [-0.2, 0) is 31.6 Å². The number of aliphatic hydroxyl groups is 1. The molecule has 0 aliphatic carbocycles. The van der Waals surface area contributed by atoms with Crippen LogP contribution in [0.1, 0.15) is 31.2 Å². The molecule has 0 saturated carbocycles. The number of nitro benzene ring substituents is 1. The molecule has 3 unspecified atom stereocenters. The molecule has 0 bridgehead atoms. The number of nitrogens with zero attached hydrogens (tertiary/aromatic N) is 5. The molecule has 3 aromatic rings. The second kappa shape index (κ2) is 11.9. The Balaban J connectivity index is 1.45. The maximum absolute atomic E-state index is 12.0. The zero-order valence-electron chi connectivity index (χ0n) is 20.7. The van der Waals surface area contributed by atoms with Crippen molar-refractivity contribution in [3.8, 4) is 0 Å². The van der Waals surface area contributed by atoms with Crippen LogP contribution in [0.15, 0.2) is 36.9 Å². The monoisotopic (exact) mass is 640 g/mol. The van der Waals surface area contributed by atoms with E-state index in [9.17, 15) is 38.7 Å². The second-order valence-electron chi connectivity index (χ2n) is 8.55. The number of para-hydroxylation sites is 1. The van der Waals surface area contributed by atoms with Gasteiger partial charge >= 0.3 is 23.5 Å². The lowest BCUT2D eigenvalue weighted by Gasteiger charge is -2.19. The third-order valence-corrected chi connectivity index (χ3v) is 9.45. The summed E-state index contributed by atoms with van der Waals surface area (Å²) in [6, 6.07) is 5.63. The van der Waals surface area contributed by atoms with E-state index in [0.29, 0.717) is 5.56 Å². The van der Waals surface area contributed by atoms with Crippen LogP contribution in [0.3, 0.4) is 0 Å². The minimum absolute atomic E-state index is 0.0741. The Labute approximate surface area is 229 Å². The van der Waals surface area contributed by atoms with Crippen LogP contribution in [0.2, 0.25) is 0 Å². The number of phosphoric acid groups is 3. The predicted molar refractivity (Wildman–Crippen MR) is 135 cm³/mol. The Bertz CT molecular complexity index is 1580. The second-order valence-corrected chi connectivity index (χ2v) is 13.0. The highest BCUT2D eigenvalue weighted by Gasteiger charge is 2.43. The van der Waals surface area contributed by atoms with Gasteiger partial charge in [-0.2, -0.15) is 8.62 Å². The lowest BCUT2D eigenvalue weighted by atomic mass is 10.1. The van der Waals surface area contributed by atoms with Gasteiger partial charge in [-0.1, -0.05) is 18.2 Å². The number of aliphatic hydroxyl groups excluding tert-OH is 1. The number of rotatable bonds is 12. The lowest BCUT2D eigenvalue weighted by Crippen LogP contribution is -2.26. The van der Waals surface area contributed by atoms with Gasteiger partial charge in [-0.05, 0) is 6.92 Å². The van der Waals surface area contributed by atoms with Crippen molar-refractivity contribution in [1.29, 1.82) is 0 Å². The molecule has 4 rings (SSSR count). The normalized spacial score (nSPS) is 23.1. The van der Waals surface area contributed by atoms with Gasteiger partial charge in [-0.25, -0.2) is 28.6 Å². The van der Waals surface area contributed by atoms with Crippen LogP contribution in [0.25, 0.3) is 11.2 Å². The van der Waals surface area contributed by atoms with Crippen molar-refractivity contribution in [2.45, 2.75) is 37.8 Å². The number of benzene rings is 1. The van der Waals surface area contributed by atoms with Crippen molar-refractivity contribution in [3.63, 3.8) is 0 Å². The largest absolute Gasteiger partial charge is 0.490 e. The van der Waals surface area contributed by atoms with E-state index in [2.05, 4.69) is 33.4 Å². The van der Waals surface area contributed by atoms with E-state index in [0.717, 1.165) is 0 Å². The predicted octanol–water partition coefficient (Wildman–Crippen LogP) is 1.90. The van der Waals surface area contributed by atoms with Crippen molar-refractivity contribution in [3.05, 3.63) is 52.6 Å². The number of fused-ring (bicyclic) bond motifs is 1. The first-order valence-electron chi connectivity index (χ1n) is 11.3. The summed E-state index contributed by atoms with van der Waals surface area (Å²) in [6.45, 7) is 0.856. The van der Waals surface area contributed by atoms with Gasteiger partial charge in [0.1, 0.15) is 18.7 Å². The van der Waals surface area contributed by atoms with E-state index in [1.165, 1.54) is 23.3 Å². The summed E-state index contributed by atoms with van der Waals surface area (Å²) in [5.74, 6) is 0.252. The van der Waals surface area contributed by atoms with Crippen LogP contribution in [0, 0.1) is 10.1 Å². The maximum Gasteiger partial charge on any atom is 0.490 e. The standard InChI is InChI=1S/C18H23N6O14P3/c1-10(11-4-2-3-5-12(11)24(26)27)22-17-16-18(20-8-19-17)23(9-21-16)15-6-13(25)14(36-15)7-35-40(31,32)38-41(33,34)37-39(28,29)30/h2-5,8-10,13-15,25H,6-7H2,1H3,(H,31,32)(H,33,34)(H,19,20,22)(H2,28,29,30)/t10?,13-,14-,15-/m1/s1. The van der Waals surface area contributed by atoms with E-state index in [-0.39, 0.29) is 29.1 Å². The molecule has 1 aliphatic rings. The molecule has 1 aromatic carbocycles. The topological polar surface area (TPSA) is 288 Å². The van der Waals surface area contributed by atoms with Gasteiger partial charge in [0.15, 0.2) is 17.0 Å². The number of nitro groups is 1. The molecular formula is C18H23N6O14P3. The molecule has 1 fully saturated rings. The first-order valence-corrected chi connectivity index (χ1v) is 15.9. The minimum atomic E-state index is -5.70. The number of aromatic nitrogens is 4. The molecule has 2 aromatic heterocycles. The van der Waals surface area contributed by atoms with Gasteiger partial charge in [-0.3, -0.25) is 19.2 Å². The average Bonchev–Trinajstić information content (AvgIpc) is 3.44. The Morgan fingerprint density at radius 2 is 1.85 bits per heavy atom. The molecule has 20 nitrogen and oxygen atoms in total. The van der Waals surface area contributed by atoms with Gasteiger partial charge < -0.3 is 34.7 Å². The first kappa shape index (κ1) is 31.2. The van der Waals surface area contributed by atoms with Crippen molar-refractivity contribution >= 4 is 46.1 Å². The third-order valence-electron chi connectivity index (χ3n) is 5.64. The highest BCUT2D eigenvalue weighted by atomic mass is 31.3. The molecule has 224 valence electrons. The average molecular weight is 640 g/mol. The Hall–Kier alpha value is -2.70. The number of anilines is 1. The molecule has 0 radical (unpaired) electrons.